The first-order valence-electron chi connectivity index (χ1n) is 11.6. The van der Waals surface area contributed by atoms with E-state index in [4.69, 9.17) is 14.2 Å². The first-order chi connectivity index (χ1) is 16.4. The molecule has 1 heterocycles. The second-order valence-corrected chi connectivity index (χ2v) is 8.13. The van der Waals surface area contributed by atoms with E-state index in [-0.39, 0.29) is 39.9 Å². The smallest absolute Gasteiger partial charge is 0.348 e. The van der Waals surface area contributed by atoms with E-state index in [1.165, 1.54) is 13.2 Å². The SMILES string of the molecule is C/C=C(/O)c1c(O)cc(O)c(Oc2cc(OC)cc3c2C(=O)O/C3=C/CCC)c1CCCCC. The predicted octanol–water partition coefficient (Wildman–Crippen LogP) is 6.86. The highest BCUT2D eigenvalue weighted by Crippen LogP contribution is 2.47. The molecule has 34 heavy (non-hydrogen) atoms. The van der Waals surface area contributed by atoms with E-state index in [1.54, 1.807) is 19.1 Å². The summed E-state index contributed by atoms with van der Waals surface area (Å²) in [5, 5.41) is 31.7. The van der Waals surface area contributed by atoms with E-state index < -0.39 is 5.97 Å². The number of rotatable bonds is 10. The molecule has 0 bridgehead atoms. The molecule has 0 radical (unpaired) electrons. The molecule has 0 amide bonds. The normalized spacial score (nSPS) is 14.3. The summed E-state index contributed by atoms with van der Waals surface area (Å²) < 4.78 is 17.1. The van der Waals surface area contributed by atoms with Crippen LogP contribution in [0.3, 0.4) is 0 Å². The van der Waals surface area contributed by atoms with E-state index in [0.29, 0.717) is 29.1 Å². The number of carbonyl (C=O) groups is 1. The molecule has 2 aromatic carbocycles. The van der Waals surface area contributed by atoms with Gasteiger partial charge in [-0.15, -0.1) is 0 Å². The number of allylic oxidation sites excluding steroid dienone is 2. The number of esters is 1. The molecule has 0 spiro atoms. The zero-order chi connectivity index (χ0) is 24.8. The van der Waals surface area contributed by atoms with Crippen LogP contribution in [0.15, 0.2) is 30.4 Å². The molecule has 0 atom stereocenters. The van der Waals surface area contributed by atoms with Crippen molar-refractivity contribution < 1.29 is 34.3 Å². The standard InChI is InChI=1S/C27H32O7/c1-5-8-10-11-17-24(19(28)7-3)20(29)15-21(30)26(17)33-23-14-16(32-4)13-18-22(12-9-6-2)34-27(31)25(18)23/h7,12-15,28-30H,5-6,8-11H2,1-4H3/b19-7+,22-12+. The highest BCUT2D eigenvalue weighted by Gasteiger charge is 2.33. The lowest BCUT2D eigenvalue weighted by Crippen LogP contribution is -2.03. The molecule has 0 aromatic heterocycles. The Bertz CT molecular complexity index is 1130. The summed E-state index contributed by atoms with van der Waals surface area (Å²) >= 11 is 0. The molecule has 182 valence electrons. The maximum absolute atomic E-state index is 12.8. The van der Waals surface area contributed by atoms with Gasteiger partial charge in [0.25, 0.3) is 0 Å². The van der Waals surface area contributed by atoms with Gasteiger partial charge < -0.3 is 29.5 Å². The Morgan fingerprint density at radius 3 is 2.50 bits per heavy atom. The number of methoxy groups -OCH3 is 1. The highest BCUT2D eigenvalue weighted by atomic mass is 16.5. The monoisotopic (exact) mass is 468 g/mol. The number of cyclic esters (lactones) is 1. The van der Waals surface area contributed by atoms with Crippen molar-refractivity contribution in [3.8, 4) is 28.7 Å². The van der Waals surface area contributed by atoms with Gasteiger partial charge in [-0.2, -0.15) is 0 Å². The summed E-state index contributed by atoms with van der Waals surface area (Å²) in [6.07, 6.45) is 8.02. The van der Waals surface area contributed by atoms with Crippen LogP contribution in [0.4, 0.5) is 0 Å². The average molecular weight is 469 g/mol. The van der Waals surface area contributed by atoms with Gasteiger partial charge in [-0.05, 0) is 44.4 Å². The van der Waals surface area contributed by atoms with E-state index in [2.05, 4.69) is 6.92 Å². The molecule has 3 N–H and O–H groups in total. The summed E-state index contributed by atoms with van der Waals surface area (Å²) in [4.78, 5) is 12.8. The summed E-state index contributed by atoms with van der Waals surface area (Å²) in [6, 6.07) is 4.39. The quantitative estimate of drug-likeness (QED) is 0.199. The van der Waals surface area contributed by atoms with E-state index in [1.807, 2.05) is 13.0 Å². The number of aliphatic hydroxyl groups is 1. The molecule has 0 saturated carbocycles. The Labute approximate surface area is 199 Å². The minimum Gasteiger partial charge on any atom is -0.508 e. The number of hydrogen-bond donors (Lipinski definition) is 3. The van der Waals surface area contributed by atoms with Crippen LogP contribution in [-0.4, -0.2) is 28.4 Å². The Balaban J connectivity index is 2.20. The lowest BCUT2D eigenvalue weighted by atomic mass is 9.96. The number of phenols is 2. The zero-order valence-corrected chi connectivity index (χ0v) is 20.1. The minimum atomic E-state index is -0.558. The van der Waals surface area contributed by atoms with Crippen molar-refractivity contribution in [2.45, 2.75) is 59.3 Å². The average Bonchev–Trinajstić information content (AvgIpc) is 3.14. The van der Waals surface area contributed by atoms with Crippen LogP contribution in [0.25, 0.3) is 11.5 Å². The number of aromatic hydroxyl groups is 2. The number of carbonyl (C=O) groups excluding carboxylic acids is 1. The van der Waals surface area contributed by atoms with Gasteiger partial charge in [0.2, 0.25) is 0 Å². The number of aliphatic hydroxyl groups excluding tert-OH is 1. The third-order valence-corrected chi connectivity index (χ3v) is 5.71. The molecule has 7 nitrogen and oxygen atoms in total. The van der Waals surface area contributed by atoms with Gasteiger partial charge in [-0.25, -0.2) is 4.79 Å². The molecule has 1 aliphatic rings. The minimum absolute atomic E-state index is 0.0616. The zero-order valence-electron chi connectivity index (χ0n) is 20.1. The van der Waals surface area contributed by atoms with Crippen LogP contribution in [0.2, 0.25) is 0 Å². The maximum atomic E-state index is 12.8. The fourth-order valence-corrected chi connectivity index (χ4v) is 3.96. The summed E-state index contributed by atoms with van der Waals surface area (Å²) in [7, 11) is 1.51. The molecule has 0 saturated heterocycles. The van der Waals surface area contributed by atoms with Gasteiger partial charge in [0.15, 0.2) is 11.5 Å². The van der Waals surface area contributed by atoms with Crippen LogP contribution in [0, 0.1) is 0 Å². The molecular formula is C27H32O7. The molecule has 2 aromatic rings. The molecule has 0 unspecified atom stereocenters. The number of ether oxygens (including phenoxy) is 3. The Hall–Kier alpha value is -3.61. The highest BCUT2D eigenvalue weighted by molar-refractivity contribution is 6.05. The Morgan fingerprint density at radius 1 is 1.09 bits per heavy atom. The Kier molecular flexibility index (Phi) is 8.10. The van der Waals surface area contributed by atoms with Gasteiger partial charge in [0, 0.05) is 23.3 Å². The molecule has 3 rings (SSSR count). The lowest BCUT2D eigenvalue weighted by Gasteiger charge is -2.19. The Morgan fingerprint density at radius 2 is 1.85 bits per heavy atom. The predicted molar refractivity (Wildman–Crippen MR) is 131 cm³/mol. The van der Waals surface area contributed by atoms with E-state index in [9.17, 15) is 20.1 Å². The van der Waals surface area contributed by atoms with Gasteiger partial charge in [-0.3, -0.25) is 0 Å². The first-order valence-corrected chi connectivity index (χ1v) is 11.6. The third kappa shape index (κ3) is 4.98. The second kappa shape index (κ2) is 11.0. The largest absolute Gasteiger partial charge is 0.508 e. The molecule has 0 fully saturated rings. The second-order valence-electron chi connectivity index (χ2n) is 8.13. The van der Waals surface area contributed by atoms with Crippen molar-refractivity contribution in [3.05, 3.63) is 52.6 Å². The topological polar surface area (TPSA) is 105 Å². The number of benzene rings is 2. The molecule has 7 heteroatoms. The first kappa shape index (κ1) is 25.0. The van der Waals surface area contributed by atoms with Crippen molar-refractivity contribution >= 4 is 17.5 Å². The third-order valence-electron chi connectivity index (χ3n) is 5.71. The molecule has 1 aliphatic heterocycles. The van der Waals surface area contributed by atoms with Crippen LogP contribution in [0.1, 0.15) is 79.9 Å². The maximum Gasteiger partial charge on any atom is 0.348 e. The lowest BCUT2D eigenvalue weighted by molar-refractivity contribution is 0.0713. The van der Waals surface area contributed by atoms with Crippen molar-refractivity contribution in [1.82, 2.24) is 0 Å². The van der Waals surface area contributed by atoms with Gasteiger partial charge in [0.05, 0.1) is 12.7 Å². The fourth-order valence-electron chi connectivity index (χ4n) is 3.96. The number of unbranched alkanes of at least 4 members (excludes halogenated alkanes) is 3. The number of hydrogen-bond acceptors (Lipinski definition) is 7. The van der Waals surface area contributed by atoms with Gasteiger partial charge in [-0.1, -0.05) is 33.1 Å². The van der Waals surface area contributed by atoms with Crippen LogP contribution in [0.5, 0.6) is 28.7 Å². The van der Waals surface area contributed by atoms with Crippen molar-refractivity contribution in [3.63, 3.8) is 0 Å². The molecular weight excluding hydrogens is 436 g/mol. The van der Waals surface area contributed by atoms with Gasteiger partial charge >= 0.3 is 5.97 Å². The number of fused-ring (bicyclic) bond motifs is 1. The molecule has 0 aliphatic carbocycles. The fraction of sp³-hybridized carbons (Fsp3) is 0.370. The van der Waals surface area contributed by atoms with E-state index in [0.717, 1.165) is 38.2 Å². The van der Waals surface area contributed by atoms with Gasteiger partial charge in [0.1, 0.15) is 34.3 Å². The van der Waals surface area contributed by atoms with Crippen molar-refractivity contribution in [2.24, 2.45) is 0 Å². The number of phenolic OH excluding ortho intramolecular Hbond substituents is 2. The van der Waals surface area contributed by atoms with Crippen molar-refractivity contribution in [1.29, 1.82) is 0 Å². The summed E-state index contributed by atoms with van der Waals surface area (Å²) in [5.74, 6) is -0.137. The summed E-state index contributed by atoms with van der Waals surface area (Å²) in [6.45, 7) is 5.74. The van der Waals surface area contributed by atoms with E-state index >= 15 is 0 Å². The van der Waals surface area contributed by atoms with Crippen LogP contribution in [-0.2, 0) is 11.2 Å². The summed E-state index contributed by atoms with van der Waals surface area (Å²) in [5.41, 5.74) is 1.42. The van der Waals surface area contributed by atoms with Crippen LogP contribution < -0.4 is 9.47 Å². The van der Waals surface area contributed by atoms with Crippen LogP contribution >= 0.6 is 0 Å². The van der Waals surface area contributed by atoms with Crippen molar-refractivity contribution in [2.75, 3.05) is 7.11 Å².